The molecule has 1 N–H and O–H groups in total. The number of phenols is 1. The predicted molar refractivity (Wildman–Crippen MR) is 57.3 cm³/mol. The number of hydrogen-bond donors (Lipinski definition) is 1. The second-order valence-electron chi connectivity index (χ2n) is 3.23. The Balaban J connectivity index is 2.50. The maximum atomic E-state index is 9.29. The largest absolute Gasteiger partial charge is 0.508 e. The minimum Gasteiger partial charge on any atom is -0.508 e. The third kappa shape index (κ3) is 1.42. The van der Waals surface area contributed by atoms with E-state index < -0.39 is 0 Å². The lowest BCUT2D eigenvalue weighted by Crippen LogP contribution is -2.19. The second kappa shape index (κ2) is 3.04. The van der Waals surface area contributed by atoms with Gasteiger partial charge in [-0.2, -0.15) is 0 Å². The van der Waals surface area contributed by atoms with Gasteiger partial charge in [0.05, 0.1) is 0 Å². The van der Waals surface area contributed by atoms with E-state index in [1.165, 1.54) is 5.56 Å². The molecule has 0 amide bonds. The van der Waals surface area contributed by atoms with E-state index in [-0.39, 0.29) is 0 Å². The summed E-state index contributed by atoms with van der Waals surface area (Å²) in [6.07, 6.45) is 0.965. The molecule has 1 aliphatic heterocycles. The fourth-order valence-corrected chi connectivity index (χ4v) is 1.87. The van der Waals surface area contributed by atoms with E-state index >= 15 is 0 Å². The second-order valence-corrected chi connectivity index (χ2v) is 3.85. The zero-order chi connectivity index (χ0) is 9.42. The van der Waals surface area contributed by atoms with Crippen LogP contribution in [0.25, 0.3) is 5.70 Å². The Morgan fingerprint density at radius 3 is 3.00 bits per heavy atom. The molecule has 0 fully saturated rings. The van der Waals surface area contributed by atoms with Crippen LogP contribution in [0.2, 0.25) is 0 Å². The molecule has 13 heavy (non-hydrogen) atoms. The van der Waals surface area contributed by atoms with E-state index in [0.717, 1.165) is 24.2 Å². The average molecular weight is 193 g/mol. The average Bonchev–Trinajstić information content (AvgIpc) is 2.12. The van der Waals surface area contributed by atoms with Crippen LogP contribution in [0.5, 0.6) is 5.75 Å². The molecule has 0 aliphatic carbocycles. The number of rotatable bonds is 0. The summed E-state index contributed by atoms with van der Waals surface area (Å²) in [5.41, 5.74) is 3.33. The summed E-state index contributed by atoms with van der Waals surface area (Å²) in [4.78, 5) is 0. The highest BCUT2D eigenvalue weighted by Gasteiger charge is 2.16. The van der Waals surface area contributed by atoms with Crippen molar-refractivity contribution in [1.29, 1.82) is 0 Å². The fourth-order valence-electron chi connectivity index (χ4n) is 1.60. The predicted octanol–water partition coefficient (Wildman–Crippen LogP) is 2.01. The first-order chi connectivity index (χ1) is 6.18. The summed E-state index contributed by atoms with van der Waals surface area (Å²) in [5.74, 6) is 0.337. The molecule has 0 bridgehead atoms. The van der Waals surface area contributed by atoms with Crippen LogP contribution < -0.4 is 0 Å². The van der Waals surface area contributed by atoms with Crippen LogP contribution in [0.3, 0.4) is 0 Å². The highest BCUT2D eigenvalue weighted by molar-refractivity contribution is 7.14. The molecule has 3 heteroatoms. The van der Waals surface area contributed by atoms with Gasteiger partial charge in [-0.25, -0.2) is 0 Å². The summed E-state index contributed by atoms with van der Waals surface area (Å²) in [5, 5.41) is 9.29. The van der Waals surface area contributed by atoms with Gasteiger partial charge < -0.3 is 9.78 Å². The Kier molecular flexibility index (Phi) is 2.01. The van der Waals surface area contributed by atoms with E-state index in [1.54, 1.807) is 6.07 Å². The van der Waals surface area contributed by atoms with Gasteiger partial charge in [0.1, 0.15) is 5.75 Å². The molecule has 2 rings (SSSR count). The first kappa shape index (κ1) is 8.58. The monoisotopic (exact) mass is 193 g/mol. The summed E-state index contributed by atoms with van der Waals surface area (Å²) >= 11 is 0. The molecule has 1 aromatic carbocycles. The van der Waals surface area contributed by atoms with Crippen molar-refractivity contribution in [2.75, 3.05) is 6.54 Å². The van der Waals surface area contributed by atoms with Gasteiger partial charge in [0.15, 0.2) is 0 Å². The Bertz CT molecular complexity index is 362. The van der Waals surface area contributed by atoms with Gasteiger partial charge in [0.2, 0.25) is 0 Å². The van der Waals surface area contributed by atoms with Crippen molar-refractivity contribution in [3.05, 3.63) is 35.9 Å². The minimum absolute atomic E-state index is 0.337. The molecule has 1 aliphatic rings. The number of hydrogen-bond acceptors (Lipinski definition) is 2. The first-order valence-electron chi connectivity index (χ1n) is 4.22. The highest BCUT2D eigenvalue weighted by atomic mass is 31.0. The SMILES string of the molecule is C=C1c2ccc(O)cc2CCN1P. The van der Waals surface area contributed by atoms with Gasteiger partial charge in [-0.05, 0) is 39.6 Å². The molecule has 1 aromatic rings. The van der Waals surface area contributed by atoms with Crippen LogP contribution in [-0.2, 0) is 6.42 Å². The van der Waals surface area contributed by atoms with Crippen molar-refractivity contribution >= 4 is 15.1 Å². The maximum absolute atomic E-state index is 9.29. The van der Waals surface area contributed by atoms with Gasteiger partial charge in [-0.3, -0.25) is 0 Å². The van der Waals surface area contributed by atoms with Crippen LogP contribution >= 0.6 is 9.39 Å². The summed E-state index contributed by atoms with van der Waals surface area (Å²) in [6, 6.07) is 5.44. The highest BCUT2D eigenvalue weighted by Crippen LogP contribution is 2.31. The standard InChI is InChI=1S/C10H12NOP/c1-7-10-3-2-9(12)6-8(10)4-5-11(7)13/h2-3,6,12H,1,4-5,13H2. The van der Waals surface area contributed by atoms with Crippen molar-refractivity contribution < 1.29 is 5.11 Å². The van der Waals surface area contributed by atoms with Crippen LogP contribution in [0.15, 0.2) is 24.8 Å². The molecule has 1 atom stereocenters. The molecule has 1 unspecified atom stereocenters. The van der Waals surface area contributed by atoms with Crippen LogP contribution in [0.1, 0.15) is 11.1 Å². The number of nitrogens with zero attached hydrogens (tertiary/aromatic N) is 1. The zero-order valence-corrected chi connectivity index (χ0v) is 8.48. The molecule has 1 heterocycles. The minimum atomic E-state index is 0.337. The third-order valence-corrected chi connectivity index (χ3v) is 2.94. The number of aromatic hydroxyl groups is 1. The van der Waals surface area contributed by atoms with Gasteiger partial charge in [-0.1, -0.05) is 6.58 Å². The molecule has 2 nitrogen and oxygen atoms in total. The van der Waals surface area contributed by atoms with Crippen molar-refractivity contribution in [2.45, 2.75) is 6.42 Å². The summed E-state index contributed by atoms with van der Waals surface area (Å²) in [7, 11) is 2.65. The molecule has 0 aromatic heterocycles. The Morgan fingerprint density at radius 1 is 1.46 bits per heavy atom. The van der Waals surface area contributed by atoms with E-state index in [1.807, 2.05) is 12.1 Å². The van der Waals surface area contributed by atoms with Crippen molar-refractivity contribution in [3.63, 3.8) is 0 Å². The molecule has 0 spiro atoms. The topological polar surface area (TPSA) is 23.5 Å². The zero-order valence-electron chi connectivity index (χ0n) is 7.33. The Labute approximate surface area is 80.1 Å². The van der Waals surface area contributed by atoms with Gasteiger partial charge >= 0.3 is 0 Å². The lowest BCUT2D eigenvalue weighted by atomic mass is 9.98. The smallest absolute Gasteiger partial charge is 0.115 e. The van der Waals surface area contributed by atoms with Gasteiger partial charge in [0, 0.05) is 17.8 Å². The lowest BCUT2D eigenvalue weighted by Gasteiger charge is -2.28. The normalized spacial score (nSPS) is 15.8. The molecule has 68 valence electrons. The third-order valence-electron chi connectivity index (χ3n) is 2.37. The van der Waals surface area contributed by atoms with E-state index in [9.17, 15) is 5.11 Å². The molecule has 0 saturated carbocycles. The molecule has 0 saturated heterocycles. The lowest BCUT2D eigenvalue weighted by molar-refractivity contribution is 0.473. The summed E-state index contributed by atoms with van der Waals surface area (Å²) < 4.78 is 2.05. The molecular formula is C10H12NOP. The van der Waals surface area contributed by atoms with Gasteiger partial charge in [0.25, 0.3) is 0 Å². The number of phenolic OH excluding ortho intramolecular Hbond substituents is 1. The fraction of sp³-hybridized carbons (Fsp3) is 0.200. The molecule has 0 radical (unpaired) electrons. The van der Waals surface area contributed by atoms with Crippen LogP contribution in [0.4, 0.5) is 0 Å². The van der Waals surface area contributed by atoms with Crippen molar-refractivity contribution in [2.24, 2.45) is 0 Å². The van der Waals surface area contributed by atoms with Crippen molar-refractivity contribution in [1.82, 2.24) is 4.67 Å². The summed E-state index contributed by atoms with van der Waals surface area (Å²) in [6.45, 7) is 4.93. The van der Waals surface area contributed by atoms with E-state index in [0.29, 0.717) is 5.75 Å². The van der Waals surface area contributed by atoms with Crippen LogP contribution in [-0.4, -0.2) is 16.3 Å². The van der Waals surface area contributed by atoms with Crippen LogP contribution in [0, 0.1) is 0 Å². The Hall–Kier alpha value is -1.01. The van der Waals surface area contributed by atoms with E-state index in [4.69, 9.17) is 0 Å². The molecular weight excluding hydrogens is 181 g/mol. The quantitative estimate of drug-likeness (QED) is 0.637. The number of fused-ring (bicyclic) bond motifs is 1. The van der Waals surface area contributed by atoms with Crippen molar-refractivity contribution in [3.8, 4) is 5.75 Å². The van der Waals surface area contributed by atoms with E-state index in [2.05, 4.69) is 20.6 Å². The maximum Gasteiger partial charge on any atom is 0.115 e. The first-order valence-corrected chi connectivity index (χ1v) is 4.73. The number of benzene rings is 1. The Morgan fingerprint density at radius 2 is 2.23 bits per heavy atom. The van der Waals surface area contributed by atoms with Gasteiger partial charge in [-0.15, -0.1) is 0 Å².